The Morgan fingerprint density at radius 2 is 1.88 bits per heavy atom. The fraction of sp³-hybridized carbons (Fsp3) is 0.100. The largest absolute Gasteiger partial charge is 0.315 e. The highest BCUT2D eigenvalue weighted by Crippen LogP contribution is 2.24. The molecule has 0 saturated heterocycles. The van der Waals surface area contributed by atoms with Crippen LogP contribution in [0.2, 0.25) is 0 Å². The molecule has 0 aliphatic heterocycles. The molecule has 0 radical (unpaired) electrons. The van der Waals surface area contributed by atoms with Gasteiger partial charge in [-0.3, -0.25) is 4.79 Å². The third-order valence-electron chi connectivity index (χ3n) is 4.03. The van der Waals surface area contributed by atoms with Gasteiger partial charge in [-0.1, -0.05) is 34.1 Å². The van der Waals surface area contributed by atoms with Gasteiger partial charge in [0.25, 0.3) is 5.91 Å². The number of benzene rings is 2. The van der Waals surface area contributed by atoms with Crippen molar-refractivity contribution < 1.29 is 9.18 Å². The first-order valence-corrected chi connectivity index (χ1v) is 8.79. The number of hydrogen-bond acceptors (Lipinski definition) is 2. The Balaban J connectivity index is 1.83. The van der Waals surface area contributed by atoms with E-state index in [1.54, 1.807) is 42.6 Å². The smallest absolute Gasteiger partial charge is 0.271 e. The molecule has 0 aliphatic carbocycles. The molecule has 0 atom stereocenters. The van der Waals surface area contributed by atoms with E-state index in [9.17, 15) is 9.18 Å². The summed E-state index contributed by atoms with van der Waals surface area (Å²) in [5.74, 6) is -0.600. The number of carbonyl (C=O) groups excluding carboxylic acids is 1. The van der Waals surface area contributed by atoms with Crippen molar-refractivity contribution in [3.05, 3.63) is 87.4 Å². The second-order valence-corrected chi connectivity index (χ2v) is 6.74. The molecule has 6 heteroatoms. The van der Waals surface area contributed by atoms with Crippen LogP contribution in [0, 0.1) is 19.7 Å². The molecule has 0 unspecified atom stereocenters. The van der Waals surface area contributed by atoms with Crippen molar-refractivity contribution in [3.63, 3.8) is 0 Å². The lowest BCUT2D eigenvalue weighted by Gasteiger charge is -2.11. The summed E-state index contributed by atoms with van der Waals surface area (Å²) in [5.41, 5.74) is 6.02. The topological polar surface area (TPSA) is 46.4 Å². The highest BCUT2D eigenvalue weighted by molar-refractivity contribution is 9.10. The highest BCUT2D eigenvalue weighted by atomic mass is 79.9. The van der Waals surface area contributed by atoms with E-state index in [1.807, 2.05) is 30.5 Å². The second-order valence-electron chi connectivity index (χ2n) is 5.82. The molecule has 1 aromatic heterocycles. The normalized spacial score (nSPS) is 11.1. The molecular formula is C20H17BrFN3O. The van der Waals surface area contributed by atoms with Crippen LogP contribution in [-0.2, 0) is 0 Å². The summed E-state index contributed by atoms with van der Waals surface area (Å²) in [6.07, 6.45) is 1.57. The van der Waals surface area contributed by atoms with Crippen LogP contribution in [0.1, 0.15) is 27.3 Å². The van der Waals surface area contributed by atoms with E-state index in [4.69, 9.17) is 0 Å². The highest BCUT2D eigenvalue weighted by Gasteiger charge is 2.13. The lowest BCUT2D eigenvalue weighted by Crippen LogP contribution is -2.17. The third kappa shape index (κ3) is 3.75. The van der Waals surface area contributed by atoms with Crippen LogP contribution in [0.15, 0.2) is 64.2 Å². The van der Waals surface area contributed by atoms with Crippen molar-refractivity contribution in [1.29, 1.82) is 0 Å². The number of aryl methyl sites for hydroxylation is 1. The molecule has 1 amide bonds. The average molecular weight is 414 g/mol. The minimum absolute atomic E-state index is 0.283. The number of halogens is 2. The van der Waals surface area contributed by atoms with Crippen molar-refractivity contribution in [2.24, 2.45) is 5.10 Å². The van der Waals surface area contributed by atoms with Crippen LogP contribution >= 0.6 is 15.9 Å². The number of nitrogens with one attached hydrogen (secondary N) is 1. The maximum atomic E-state index is 14.3. The molecule has 4 nitrogen and oxygen atoms in total. The van der Waals surface area contributed by atoms with Crippen molar-refractivity contribution in [2.75, 3.05) is 0 Å². The fourth-order valence-corrected chi connectivity index (χ4v) is 3.10. The van der Waals surface area contributed by atoms with Gasteiger partial charge in [0, 0.05) is 27.0 Å². The molecule has 132 valence electrons. The van der Waals surface area contributed by atoms with Gasteiger partial charge >= 0.3 is 0 Å². The summed E-state index contributed by atoms with van der Waals surface area (Å²) in [6, 6.07) is 15.7. The van der Waals surface area contributed by atoms with E-state index >= 15 is 0 Å². The van der Waals surface area contributed by atoms with Gasteiger partial charge in [0.15, 0.2) is 0 Å². The van der Waals surface area contributed by atoms with Gasteiger partial charge < -0.3 is 4.57 Å². The summed E-state index contributed by atoms with van der Waals surface area (Å²) < 4.78 is 16.8. The molecule has 0 bridgehead atoms. The molecule has 26 heavy (non-hydrogen) atoms. The van der Waals surface area contributed by atoms with Crippen LogP contribution in [0.4, 0.5) is 4.39 Å². The molecule has 0 spiro atoms. The van der Waals surface area contributed by atoms with Gasteiger partial charge in [0.2, 0.25) is 0 Å². The molecule has 0 aliphatic rings. The summed E-state index contributed by atoms with van der Waals surface area (Å²) in [5, 5.41) is 4.02. The molecule has 3 aromatic rings. The van der Waals surface area contributed by atoms with E-state index < -0.39 is 0 Å². The number of aromatic nitrogens is 1. The van der Waals surface area contributed by atoms with Gasteiger partial charge in [-0.15, -0.1) is 0 Å². The molecule has 3 rings (SSSR count). The first kappa shape index (κ1) is 18.1. The first-order chi connectivity index (χ1) is 12.5. The van der Waals surface area contributed by atoms with Crippen LogP contribution in [-0.4, -0.2) is 16.7 Å². The third-order valence-corrected chi connectivity index (χ3v) is 4.52. The lowest BCUT2D eigenvalue weighted by molar-refractivity contribution is 0.0955. The van der Waals surface area contributed by atoms with Gasteiger partial charge in [-0.05, 0) is 50.2 Å². The van der Waals surface area contributed by atoms with Gasteiger partial charge in [-0.2, -0.15) is 5.10 Å². The lowest BCUT2D eigenvalue weighted by atomic mass is 10.2. The van der Waals surface area contributed by atoms with Crippen LogP contribution in [0.5, 0.6) is 0 Å². The zero-order valence-corrected chi connectivity index (χ0v) is 15.9. The van der Waals surface area contributed by atoms with E-state index in [2.05, 4.69) is 26.5 Å². The van der Waals surface area contributed by atoms with Crippen LogP contribution in [0.3, 0.4) is 0 Å². The zero-order valence-electron chi connectivity index (χ0n) is 14.3. The molecule has 1 N–H and O–H groups in total. The van der Waals surface area contributed by atoms with E-state index in [0.717, 1.165) is 17.0 Å². The van der Waals surface area contributed by atoms with Gasteiger partial charge in [-0.25, -0.2) is 9.82 Å². The Morgan fingerprint density at radius 1 is 1.15 bits per heavy atom. The monoisotopic (exact) mass is 413 g/mol. The minimum Gasteiger partial charge on any atom is -0.315 e. The standard InChI is InChI=1S/C20H17BrFN3O/c1-13-10-16(12-23-24-20(26)15-6-4-3-5-7-15)14(2)25(13)19-9-8-17(21)11-18(19)22/h3-12H,1-2H3,(H,24,26)/b23-12+. The maximum Gasteiger partial charge on any atom is 0.271 e. The van der Waals surface area contributed by atoms with E-state index in [-0.39, 0.29) is 11.7 Å². The Kier molecular flexibility index (Phi) is 5.32. The number of carbonyl (C=O) groups is 1. The van der Waals surface area contributed by atoms with Gasteiger partial charge in [0.05, 0.1) is 11.9 Å². The Morgan fingerprint density at radius 3 is 2.58 bits per heavy atom. The molecule has 1 heterocycles. The zero-order chi connectivity index (χ0) is 18.7. The molecule has 2 aromatic carbocycles. The Hall–Kier alpha value is -2.73. The first-order valence-electron chi connectivity index (χ1n) is 8.00. The number of hydrogen-bond donors (Lipinski definition) is 1. The fourth-order valence-electron chi connectivity index (χ4n) is 2.77. The van der Waals surface area contributed by atoms with Crippen LogP contribution < -0.4 is 5.43 Å². The molecule has 0 fully saturated rings. The summed E-state index contributed by atoms with van der Waals surface area (Å²) in [7, 11) is 0. The SMILES string of the molecule is Cc1cc(/C=N/NC(=O)c2ccccc2)c(C)n1-c1ccc(Br)cc1F. The maximum absolute atomic E-state index is 14.3. The number of rotatable bonds is 4. The van der Waals surface area contributed by atoms with Crippen molar-refractivity contribution in [2.45, 2.75) is 13.8 Å². The number of amides is 1. The predicted molar refractivity (Wildman–Crippen MR) is 104 cm³/mol. The van der Waals surface area contributed by atoms with Crippen molar-refractivity contribution >= 4 is 28.1 Å². The van der Waals surface area contributed by atoms with Crippen molar-refractivity contribution in [1.82, 2.24) is 9.99 Å². The predicted octanol–water partition coefficient (Wildman–Crippen LogP) is 4.76. The van der Waals surface area contributed by atoms with Gasteiger partial charge in [0.1, 0.15) is 5.82 Å². The van der Waals surface area contributed by atoms with E-state index in [0.29, 0.717) is 15.7 Å². The van der Waals surface area contributed by atoms with Crippen molar-refractivity contribution in [3.8, 4) is 5.69 Å². The summed E-state index contributed by atoms with van der Waals surface area (Å²) >= 11 is 3.27. The number of hydrazone groups is 1. The average Bonchev–Trinajstić information content (AvgIpc) is 2.90. The summed E-state index contributed by atoms with van der Waals surface area (Å²) in [4.78, 5) is 12.0. The van der Waals surface area contributed by atoms with Crippen LogP contribution in [0.25, 0.3) is 5.69 Å². The summed E-state index contributed by atoms with van der Waals surface area (Å²) in [6.45, 7) is 3.78. The molecule has 0 saturated carbocycles. The quantitative estimate of drug-likeness (QED) is 0.486. The molecular weight excluding hydrogens is 397 g/mol. The number of nitrogens with zero attached hydrogens (tertiary/aromatic N) is 2. The Bertz CT molecular complexity index is 980. The minimum atomic E-state index is -0.318. The second kappa shape index (κ2) is 7.66. The Labute approximate surface area is 159 Å². The van der Waals surface area contributed by atoms with E-state index in [1.165, 1.54) is 6.07 Å².